The molecular weight excluding hydrogens is 213 g/mol. The summed E-state index contributed by atoms with van der Waals surface area (Å²) in [5, 5.41) is 0. The normalized spacial score (nSPS) is 11.2. The van der Waals surface area contributed by atoms with Crippen molar-refractivity contribution < 1.29 is 0 Å². The fraction of sp³-hybridized carbons (Fsp3) is 0.167. The van der Waals surface area contributed by atoms with Gasteiger partial charge in [-0.3, -0.25) is 9.20 Å². The van der Waals surface area contributed by atoms with Crippen molar-refractivity contribution in [3.63, 3.8) is 0 Å². The third-order valence-electron chi connectivity index (χ3n) is 3.01. The summed E-state index contributed by atoms with van der Waals surface area (Å²) in [6.45, 7) is 3.90. The smallest absolute Gasteiger partial charge is 0.292 e. The number of H-pyrrole nitrogens is 1. The lowest BCUT2D eigenvalue weighted by Gasteiger charge is -2.03. The van der Waals surface area contributed by atoms with E-state index in [9.17, 15) is 4.79 Å². The number of nitrogens with one attached hydrogen (secondary N) is 1. The predicted molar refractivity (Wildman–Crippen MR) is 69.3 cm³/mol. The van der Waals surface area contributed by atoms with Crippen LogP contribution in [0.15, 0.2) is 29.1 Å². The second-order valence-corrected chi connectivity index (χ2v) is 4.00. The van der Waals surface area contributed by atoms with Gasteiger partial charge in [-0.2, -0.15) is 0 Å². The maximum absolute atomic E-state index is 11.9. The summed E-state index contributed by atoms with van der Waals surface area (Å²) >= 11 is 0. The molecule has 2 heterocycles. The van der Waals surface area contributed by atoms with E-state index >= 15 is 0 Å². The van der Waals surface area contributed by atoms with E-state index in [2.05, 4.69) is 9.97 Å². The predicted octanol–water partition coefficient (Wildman–Crippen LogP) is 0.862. The molecule has 1 aromatic carbocycles. The van der Waals surface area contributed by atoms with Crippen LogP contribution in [-0.2, 0) is 0 Å². The molecule has 0 atom stereocenters. The lowest BCUT2D eigenvalue weighted by molar-refractivity contribution is 1.12. The number of imidazole rings is 1. The van der Waals surface area contributed by atoms with E-state index in [1.165, 1.54) is 0 Å². The lowest BCUT2D eigenvalue weighted by Crippen LogP contribution is -2.15. The molecule has 5 heteroatoms. The van der Waals surface area contributed by atoms with Crippen LogP contribution >= 0.6 is 0 Å². The van der Waals surface area contributed by atoms with Crippen molar-refractivity contribution in [2.75, 3.05) is 0 Å². The summed E-state index contributed by atoms with van der Waals surface area (Å²) in [5.74, 6) is 0. The Morgan fingerprint density at radius 2 is 2.12 bits per heavy atom. The number of para-hydroxylation sites is 2. The molecule has 0 bridgehead atoms. The Hall–Kier alpha value is -2.04. The molecule has 1 N–H and O–H groups in total. The van der Waals surface area contributed by atoms with E-state index in [1.54, 1.807) is 0 Å². The molecule has 2 aromatic heterocycles. The first-order valence-electron chi connectivity index (χ1n) is 5.52. The summed E-state index contributed by atoms with van der Waals surface area (Å²) in [6.07, 6.45) is 0. The fourth-order valence-electron chi connectivity index (χ4n) is 2.19. The molecule has 0 saturated heterocycles. The molecule has 4 nitrogen and oxygen atoms in total. The highest BCUT2D eigenvalue weighted by molar-refractivity contribution is 6.51. The monoisotopic (exact) mass is 224 g/mol. The van der Waals surface area contributed by atoms with Gasteiger partial charge in [0.15, 0.2) is 7.28 Å². The van der Waals surface area contributed by atoms with Gasteiger partial charge < -0.3 is 4.98 Å². The maximum atomic E-state index is 11.9. The summed E-state index contributed by atoms with van der Waals surface area (Å²) in [5.41, 5.74) is 3.94. The van der Waals surface area contributed by atoms with Gasteiger partial charge in [-0.05, 0) is 19.1 Å². The second kappa shape index (κ2) is 3.48. The highest BCUT2D eigenvalue weighted by Gasteiger charge is 2.12. The van der Waals surface area contributed by atoms with Crippen molar-refractivity contribution in [2.45, 2.75) is 13.7 Å². The minimum absolute atomic E-state index is 0.153. The average molecular weight is 224 g/mol. The Bertz CT molecular complexity index is 772. The van der Waals surface area contributed by atoms with Gasteiger partial charge in [0.1, 0.15) is 0 Å². The summed E-state index contributed by atoms with van der Waals surface area (Å²) in [7, 11) is 1.91. The zero-order valence-corrected chi connectivity index (χ0v) is 9.69. The van der Waals surface area contributed by atoms with E-state index < -0.39 is 0 Å². The molecule has 1 radical (unpaired) electrons. The third kappa shape index (κ3) is 1.32. The number of rotatable bonds is 1. The Morgan fingerprint density at radius 3 is 2.88 bits per heavy atom. The number of aromatic nitrogens is 3. The van der Waals surface area contributed by atoms with Crippen molar-refractivity contribution in [3.8, 4) is 0 Å². The first-order chi connectivity index (χ1) is 8.22. The van der Waals surface area contributed by atoms with Crippen LogP contribution in [0, 0.1) is 6.92 Å². The topological polar surface area (TPSA) is 50.2 Å². The van der Waals surface area contributed by atoms with Crippen molar-refractivity contribution in [2.24, 2.45) is 0 Å². The number of hydrogen-bond donors (Lipinski definition) is 1. The minimum Gasteiger partial charge on any atom is -0.317 e. The van der Waals surface area contributed by atoms with Crippen LogP contribution in [0.5, 0.6) is 0 Å². The third-order valence-corrected chi connectivity index (χ3v) is 3.01. The van der Waals surface area contributed by atoms with Crippen LogP contribution in [0.1, 0.15) is 5.69 Å². The molecule has 0 spiro atoms. The second-order valence-electron chi connectivity index (χ2n) is 4.00. The number of benzene rings is 1. The van der Waals surface area contributed by atoms with Crippen molar-refractivity contribution in [1.82, 2.24) is 14.4 Å². The van der Waals surface area contributed by atoms with Gasteiger partial charge in [-0.1, -0.05) is 19.0 Å². The van der Waals surface area contributed by atoms with Gasteiger partial charge in [-0.15, -0.1) is 0 Å². The zero-order chi connectivity index (χ0) is 12.0. The largest absolute Gasteiger partial charge is 0.317 e. The SMILES string of the molecule is C[B]c1nc2c(=O)[nH]c3ccccc3n2c1C. The number of hydrogen-bond acceptors (Lipinski definition) is 2. The molecule has 0 unspecified atom stereocenters. The minimum atomic E-state index is -0.153. The van der Waals surface area contributed by atoms with Crippen LogP contribution in [0.25, 0.3) is 16.7 Å². The molecule has 0 aliphatic rings. The van der Waals surface area contributed by atoms with Gasteiger partial charge >= 0.3 is 0 Å². The molecule has 3 aromatic rings. The summed E-state index contributed by atoms with van der Waals surface area (Å²) in [4.78, 5) is 19.1. The van der Waals surface area contributed by atoms with Gasteiger partial charge in [-0.25, -0.2) is 4.98 Å². The number of aryl methyl sites for hydroxylation is 1. The molecule has 0 saturated carbocycles. The standard InChI is InChI=1S/C12H11BN3O/c1-7-10(13-2)15-11-12(17)14-8-5-3-4-6-9(8)16(7)11/h3-6H,1-2H3,(H,14,17). The quantitative estimate of drug-likeness (QED) is 0.623. The Morgan fingerprint density at radius 1 is 1.35 bits per heavy atom. The van der Waals surface area contributed by atoms with Crippen molar-refractivity contribution in [3.05, 3.63) is 40.3 Å². The molecule has 0 aliphatic heterocycles. The Kier molecular flexibility index (Phi) is 2.08. The van der Waals surface area contributed by atoms with Gasteiger partial charge in [0.2, 0.25) is 5.65 Å². The van der Waals surface area contributed by atoms with Gasteiger partial charge in [0, 0.05) is 11.3 Å². The highest BCUT2D eigenvalue weighted by atomic mass is 16.1. The Labute approximate surface area is 98.5 Å². The van der Waals surface area contributed by atoms with Crippen LogP contribution in [0.4, 0.5) is 0 Å². The first-order valence-corrected chi connectivity index (χ1v) is 5.52. The number of aromatic amines is 1. The lowest BCUT2D eigenvalue weighted by atomic mass is 9.77. The van der Waals surface area contributed by atoms with Gasteiger partial charge in [0.05, 0.1) is 11.0 Å². The number of fused-ring (bicyclic) bond motifs is 3. The molecular formula is C12H11BN3O. The Balaban J connectivity index is 2.64. The van der Waals surface area contributed by atoms with Crippen LogP contribution in [0.2, 0.25) is 6.82 Å². The molecule has 0 fully saturated rings. The van der Waals surface area contributed by atoms with Crippen molar-refractivity contribution >= 4 is 29.6 Å². The van der Waals surface area contributed by atoms with Crippen molar-refractivity contribution in [1.29, 1.82) is 0 Å². The molecule has 0 aliphatic carbocycles. The zero-order valence-electron chi connectivity index (χ0n) is 9.69. The van der Waals surface area contributed by atoms with E-state index in [0.717, 1.165) is 22.3 Å². The molecule has 83 valence electrons. The summed E-state index contributed by atoms with van der Waals surface area (Å²) in [6, 6.07) is 7.73. The van der Waals surface area contributed by atoms with Crippen LogP contribution in [0.3, 0.4) is 0 Å². The van der Waals surface area contributed by atoms with E-state index in [0.29, 0.717) is 5.65 Å². The van der Waals surface area contributed by atoms with Crippen LogP contribution in [-0.4, -0.2) is 21.6 Å². The van der Waals surface area contributed by atoms with Crippen LogP contribution < -0.4 is 11.2 Å². The highest BCUT2D eigenvalue weighted by Crippen LogP contribution is 2.12. The maximum Gasteiger partial charge on any atom is 0.292 e. The molecule has 3 rings (SSSR count). The van der Waals surface area contributed by atoms with E-state index in [1.807, 2.05) is 49.7 Å². The average Bonchev–Trinajstić information content (AvgIpc) is 2.68. The van der Waals surface area contributed by atoms with Gasteiger partial charge in [0.25, 0.3) is 5.56 Å². The fourth-order valence-corrected chi connectivity index (χ4v) is 2.19. The van der Waals surface area contributed by atoms with E-state index in [-0.39, 0.29) is 5.56 Å². The summed E-state index contributed by atoms with van der Waals surface area (Å²) < 4.78 is 1.91. The number of nitrogens with zero attached hydrogens (tertiary/aromatic N) is 2. The molecule has 17 heavy (non-hydrogen) atoms. The first kappa shape index (κ1) is 10.1. The van der Waals surface area contributed by atoms with E-state index in [4.69, 9.17) is 0 Å². The molecule has 0 amide bonds.